The van der Waals surface area contributed by atoms with Gasteiger partial charge in [-0.3, -0.25) is 9.78 Å². The normalized spacial score (nSPS) is 18.4. The second kappa shape index (κ2) is 8.71. The van der Waals surface area contributed by atoms with Crippen molar-refractivity contribution in [1.29, 1.82) is 0 Å². The Bertz CT molecular complexity index is 1390. The molecule has 7 nitrogen and oxygen atoms in total. The standard InChI is InChI=1S/C26H30N6O.ClH/c1-16-11-23-21(12-19(16)26(33)31-10-4-5-18(27)15-31)29-25(30(23)2)24-13-20-22(6-3-9-28-20)32(24)14-17-7-8-17;/h3,6,9,11-13,17-18H,4-5,7-8,10,14-15,27H2,1-2H3;1H/t18-;/m1./s1. The summed E-state index contributed by atoms with van der Waals surface area (Å²) in [6, 6.07) is 10.4. The number of imidazole rings is 1. The molecular formula is C26H31ClN6O. The molecule has 2 N–H and O–H groups in total. The highest BCUT2D eigenvalue weighted by atomic mass is 35.5. The number of fused-ring (bicyclic) bond motifs is 2. The van der Waals surface area contributed by atoms with Crippen LogP contribution >= 0.6 is 12.4 Å². The fourth-order valence-electron chi connectivity index (χ4n) is 5.19. The van der Waals surface area contributed by atoms with Gasteiger partial charge in [0.15, 0.2) is 5.82 Å². The molecule has 0 radical (unpaired) electrons. The molecular weight excluding hydrogens is 448 g/mol. The Morgan fingerprint density at radius 2 is 1.97 bits per heavy atom. The summed E-state index contributed by atoms with van der Waals surface area (Å²) in [5.74, 6) is 1.70. The van der Waals surface area contributed by atoms with Crippen molar-refractivity contribution in [3.05, 3.63) is 47.7 Å². The molecule has 1 aromatic carbocycles. The van der Waals surface area contributed by atoms with E-state index in [1.54, 1.807) is 0 Å². The Morgan fingerprint density at radius 1 is 1.15 bits per heavy atom. The van der Waals surface area contributed by atoms with Crippen LogP contribution in [0.15, 0.2) is 36.5 Å². The van der Waals surface area contributed by atoms with Crippen LogP contribution in [0.5, 0.6) is 0 Å². The summed E-state index contributed by atoms with van der Waals surface area (Å²) in [6.07, 6.45) is 6.35. The average molecular weight is 479 g/mol. The van der Waals surface area contributed by atoms with Gasteiger partial charge in [0, 0.05) is 44.5 Å². The first-order valence-electron chi connectivity index (χ1n) is 12.0. The number of benzene rings is 1. The third kappa shape index (κ3) is 3.87. The molecule has 34 heavy (non-hydrogen) atoms. The number of aromatic nitrogens is 4. The number of hydrogen-bond donors (Lipinski definition) is 1. The number of rotatable bonds is 4. The number of carbonyl (C=O) groups excluding carboxylic acids is 1. The van der Waals surface area contributed by atoms with Crippen LogP contribution in [0.1, 0.15) is 41.6 Å². The van der Waals surface area contributed by atoms with Gasteiger partial charge >= 0.3 is 0 Å². The van der Waals surface area contributed by atoms with E-state index in [0.717, 1.165) is 76.6 Å². The number of carbonyl (C=O) groups is 1. The van der Waals surface area contributed by atoms with Crippen LogP contribution in [-0.4, -0.2) is 49.0 Å². The van der Waals surface area contributed by atoms with Crippen molar-refractivity contribution in [2.24, 2.45) is 18.7 Å². The Labute approximate surface area is 205 Å². The number of piperidine rings is 1. The van der Waals surface area contributed by atoms with Gasteiger partial charge in [-0.25, -0.2) is 4.98 Å². The number of pyridine rings is 1. The molecule has 3 aromatic heterocycles. The maximum atomic E-state index is 13.3. The number of nitrogens with two attached hydrogens (primary N) is 1. The predicted molar refractivity (Wildman–Crippen MR) is 137 cm³/mol. The molecule has 4 heterocycles. The highest BCUT2D eigenvalue weighted by molar-refractivity contribution is 5.99. The fourth-order valence-corrected chi connectivity index (χ4v) is 5.19. The first kappa shape index (κ1) is 22.9. The molecule has 2 fully saturated rings. The largest absolute Gasteiger partial charge is 0.337 e. The number of amides is 1. The van der Waals surface area contributed by atoms with Gasteiger partial charge in [-0.05, 0) is 74.4 Å². The lowest BCUT2D eigenvalue weighted by atomic mass is 10.0. The highest BCUT2D eigenvalue weighted by Gasteiger charge is 2.27. The van der Waals surface area contributed by atoms with Gasteiger partial charge in [0.05, 0.1) is 27.8 Å². The van der Waals surface area contributed by atoms with Crippen LogP contribution in [0, 0.1) is 12.8 Å². The zero-order valence-corrected chi connectivity index (χ0v) is 20.5. The predicted octanol–water partition coefficient (Wildman–Crippen LogP) is 4.29. The zero-order chi connectivity index (χ0) is 22.7. The minimum atomic E-state index is 0. The monoisotopic (exact) mass is 478 g/mol. The van der Waals surface area contributed by atoms with E-state index in [9.17, 15) is 4.79 Å². The molecule has 1 atom stereocenters. The average Bonchev–Trinajstić information content (AvgIpc) is 3.49. The van der Waals surface area contributed by atoms with Crippen LogP contribution in [0.25, 0.3) is 33.6 Å². The molecule has 178 valence electrons. The van der Waals surface area contributed by atoms with Crippen molar-refractivity contribution >= 4 is 40.4 Å². The van der Waals surface area contributed by atoms with Gasteiger partial charge in [0.2, 0.25) is 0 Å². The zero-order valence-electron chi connectivity index (χ0n) is 19.7. The molecule has 6 rings (SSSR count). The summed E-state index contributed by atoms with van der Waals surface area (Å²) in [6.45, 7) is 4.40. The first-order chi connectivity index (χ1) is 16.0. The van der Waals surface area contributed by atoms with Gasteiger partial charge < -0.3 is 19.8 Å². The van der Waals surface area contributed by atoms with Gasteiger partial charge in [-0.15, -0.1) is 12.4 Å². The van der Waals surface area contributed by atoms with Gasteiger partial charge in [-0.2, -0.15) is 0 Å². The number of halogens is 1. The lowest BCUT2D eigenvalue weighted by Crippen LogP contribution is -2.45. The highest BCUT2D eigenvalue weighted by Crippen LogP contribution is 2.36. The lowest BCUT2D eigenvalue weighted by molar-refractivity contribution is 0.0708. The van der Waals surface area contributed by atoms with E-state index < -0.39 is 0 Å². The summed E-state index contributed by atoms with van der Waals surface area (Å²) in [5, 5.41) is 0. The third-order valence-electron chi connectivity index (χ3n) is 7.24. The molecule has 0 bridgehead atoms. The van der Waals surface area contributed by atoms with Crippen molar-refractivity contribution in [3.8, 4) is 11.5 Å². The number of likely N-dealkylation sites (tertiary alicyclic amines) is 1. The number of nitrogens with zero attached hydrogens (tertiary/aromatic N) is 5. The van der Waals surface area contributed by atoms with Crippen molar-refractivity contribution in [1.82, 2.24) is 24.0 Å². The topological polar surface area (TPSA) is 82.0 Å². The van der Waals surface area contributed by atoms with Crippen molar-refractivity contribution in [2.75, 3.05) is 13.1 Å². The van der Waals surface area contributed by atoms with E-state index in [1.165, 1.54) is 12.8 Å². The van der Waals surface area contributed by atoms with Crippen molar-refractivity contribution < 1.29 is 4.79 Å². The van der Waals surface area contributed by atoms with E-state index in [4.69, 9.17) is 10.7 Å². The first-order valence-corrected chi connectivity index (χ1v) is 12.0. The molecule has 0 unspecified atom stereocenters. The minimum absolute atomic E-state index is 0. The second-order valence-electron chi connectivity index (χ2n) is 9.80. The summed E-state index contributed by atoms with van der Waals surface area (Å²) in [7, 11) is 2.06. The van der Waals surface area contributed by atoms with Crippen LogP contribution in [0.3, 0.4) is 0 Å². The molecule has 2 aliphatic rings. The smallest absolute Gasteiger partial charge is 0.254 e. The lowest BCUT2D eigenvalue weighted by Gasteiger charge is -2.31. The van der Waals surface area contributed by atoms with E-state index in [1.807, 2.05) is 30.2 Å². The molecule has 1 aliphatic carbocycles. The molecule has 4 aromatic rings. The number of hydrogen-bond acceptors (Lipinski definition) is 4. The summed E-state index contributed by atoms with van der Waals surface area (Å²) < 4.78 is 4.51. The minimum Gasteiger partial charge on any atom is -0.337 e. The van der Waals surface area contributed by atoms with Crippen LogP contribution in [0.2, 0.25) is 0 Å². The molecule has 1 saturated carbocycles. The third-order valence-corrected chi connectivity index (χ3v) is 7.24. The quantitative estimate of drug-likeness (QED) is 0.474. The van der Waals surface area contributed by atoms with Crippen LogP contribution < -0.4 is 5.73 Å². The van der Waals surface area contributed by atoms with E-state index in [2.05, 4.69) is 39.4 Å². The molecule has 1 amide bonds. The van der Waals surface area contributed by atoms with Gasteiger partial charge in [0.25, 0.3) is 5.91 Å². The maximum Gasteiger partial charge on any atom is 0.254 e. The van der Waals surface area contributed by atoms with E-state index in [0.29, 0.717) is 6.54 Å². The second-order valence-corrected chi connectivity index (χ2v) is 9.80. The Hall–Kier alpha value is -2.90. The SMILES string of the molecule is Cc1cc2c(cc1C(=O)N1CCC[C@@H](N)C1)nc(-c1cc3ncccc3n1CC1CC1)n2C.Cl. The Balaban J connectivity index is 0.00000241. The van der Waals surface area contributed by atoms with E-state index in [-0.39, 0.29) is 24.4 Å². The molecule has 1 saturated heterocycles. The van der Waals surface area contributed by atoms with Gasteiger partial charge in [0.1, 0.15) is 0 Å². The van der Waals surface area contributed by atoms with Crippen molar-refractivity contribution in [3.63, 3.8) is 0 Å². The number of aryl methyl sites for hydroxylation is 2. The molecule has 1 aliphatic heterocycles. The van der Waals surface area contributed by atoms with Crippen molar-refractivity contribution in [2.45, 2.75) is 45.2 Å². The maximum absolute atomic E-state index is 13.3. The van der Waals surface area contributed by atoms with E-state index >= 15 is 0 Å². The molecule has 8 heteroatoms. The molecule has 0 spiro atoms. The fraction of sp³-hybridized carbons (Fsp3) is 0.423. The van der Waals surface area contributed by atoms with Crippen LogP contribution in [-0.2, 0) is 13.6 Å². The van der Waals surface area contributed by atoms with Gasteiger partial charge in [-0.1, -0.05) is 0 Å². The van der Waals surface area contributed by atoms with Crippen LogP contribution in [0.4, 0.5) is 0 Å². The Kier molecular flexibility index (Phi) is 5.86. The summed E-state index contributed by atoms with van der Waals surface area (Å²) in [4.78, 5) is 24.8. The Morgan fingerprint density at radius 3 is 2.74 bits per heavy atom. The summed E-state index contributed by atoms with van der Waals surface area (Å²) in [5.41, 5.74) is 12.9. The summed E-state index contributed by atoms with van der Waals surface area (Å²) >= 11 is 0.